The highest BCUT2D eigenvalue weighted by Gasteiger charge is 2.29. The van der Waals surface area contributed by atoms with Crippen LogP contribution in [0.2, 0.25) is 0 Å². The summed E-state index contributed by atoms with van der Waals surface area (Å²) in [7, 11) is 1.64. The Morgan fingerprint density at radius 1 is 1.47 bits per heavy atom. The summed E-state index contributed by atoms with van der Waals surface area (Å²) in [6, 6.07) is -1.10. The van der Waals surface area contributed by atoms with E-state index in [-0.39, 0.29) is 11.9 Å². The van der Waals surface area contributed by atoms with Crippen LogP contribution in [0.15, 0.2) is 0 Å². The van der Waals surface area contributed by atoms with Crippen LogP contribution in [0.25, 0.3) is 0 Å². The van der Waals surface area contributed by atoms with Crippen LogP contribution in [0, 0.1) is 11.8 Å². The number of urea groups is 1. The number of ether oxygens (including phenoxy) is 1. The summed E-state index contributed by atoms with van der Waals surface area (Å²) in [5, 5.41) is 11.7. The number of nitrogens with zero attached hydrogens (tertiary/aromatic N) is 1. The molecule has 6 heteroatoms. The second-order valence-corrected chi connectivity index (χ2v) is 5.53. The van der Waals surface area contributed by atoms with E-state index >= 15 is 0 Å². The fourth-order valence-electron chi connectivity index (χ4n) is 2.32. The summed E-state index contributed by atoms with van der Waals surface area (Å²) >= 11 is 0. The lowest BCUT2D eigenvalue weighted by Gasteiger charge is -2.22. The number of methoxy groups -OCH3 is 1. The van der Waals surface area contributed by atoms with Crippen molar-refractivity contribution in [2.45, 2.75) is 32.7 Å². The lowest BCUT2D eigenvalue weighted by atomic mass is 10.0. The number of likely N-dealkylation sites (tertiary alicyclic amines) is 1. The largest absolute Gasteiger partial charge is 0.480 e. The summed E-state index contributed by atoms with van der Waals surface area (Å²) in [6.45, 7) is 5.80. The monoisotopic (exact) mass is 272 g/mol. The normalized spacial score (nSPS) is 20.6. The molecule has 2 N–H and O–H groups in total. The molecular formula is C13H24N2O4. The molecule has 110 valence electrons. The number of aliphatic carboxylic acids is 1. The van der Waals surface area contributed by atoms with Gasteiger partial charge in [-0.1, -0.05) is 13.8 Å². The van der Waals surface area contributed by atoms with Crippen LogP contribution < -0.4 is 5.32 Å². The van der Waals surface area contributed by atoms with Gasteiger partial charge in [-0.05, 0) is 18.8 Å². The fraction of sp³-hybridized carbons (Fsp3) is 0.846. The Morgan fingerprint density at radius 3 is 2.68 bits per heavy atom. The van der Waals surface area contributed by atoms with Gasteiger partial charge in [0.2, 0.25) is 0 Å². The van der Waals surface area contributed by atoms with E-state index < -0.39 is 12.0 Å². The minimum Gasteiger partial charge on any atom is -0.480 e. The molecule has 1 aliphatic rings. The second-order valence-electron chi connectivity index (χ2n) is 5.53. The molecular weight excluding hydrogens is 248 g/mol. The third-order valence-corrected chi connectivity index (χ3v) is 3.28. The standard InChI is InChI=1S/C13H24N2O4/c1-9(2)6-11(12(16)17)14-13(18)15-5-4-10(7-15)8-19-3/h9-11H,4-8H2,1-3H3,(H,14,18)(H,16,17). The maximum atomic E-state index is 12.0. The van der Waals surface area contributed by atoms with Gasteiger partial charge in [0.1, 0.15) is 6.04 Å². The van der Waals surface area contributed by atoms with Gasteiger partial charge in [0.15, 0.2) is 0 Å². The van der Waals surface area contributed by atoms with Crippen LogP contribution in [-0.4, -0.2) is 54.9 Å². The average Bonchev–Trinajstić information content (AvgIpc) is 2.76. The molecule has 0 bridgehead atoms. The molecule has 1 rings (SSSR count). The minimum atomic E-state index is -0.977. The van der Waals surface area contributed by atoms with Crippen molar-refractivity contribution in [3.05, 3.63) is 0 Å². The van der Waals surface area contributed by atoms with Gasteiger partial charge in [-0.25, -0.2) is 9.59 Å². The van der Waals surface area contributed by atoms with Crippen molar-refractivity contribution in [3.63, 3.8) is 0 Å². The summed E-state index contributed by atoms with van der Waals surface area (Å²) in [5.41, 5.74) is 0. The molecule has 0 radical (unpaired) electrons. The minimum absolute atomic E-state index is 0.223. The summed E-state index contributed by atoms with van der Waals surface area (Å²) in [4.78, 5) is 24.8. The molecule has 0 aliphatic carbocycles. The van der Waals surface area contributed by atoms with Gasteiger partial charge in [-0.2, -0.15) is 0 Å². The van der Waals surface area contributed by atoms with E-state index in [1.807, 2.05) is 13.8 Å². The molecule has 1 aliphatic heterocycles. The third-order valence-electron chi connectivity index (χ3n) is 3.28. The second kappa shape index (κ2) is 7.33. The molecule has 1 heterocycles. The molecule has 2 unspecified atom stereocenters. The molecule has 1 saturated heterocycles. The molecule has 6 nitrogen and oxygen atoms in total. The van der Waals surface area contributed by atoms with E-state index in [0.717, 1.165) is 6.42 Å². The zero-order chi connectivity index (χ0) is 14.4. The van der Waals surface area contributed by atoms with E-state index in [1.54, 1.807) is 12.0 Å². The molecule has 1 fully saturated rings. The Labute approximate surface area is 114 Å². The molecule has 2 amide bonds. The fourth-order valence-corrected chi connectivity index (χ4v) is 2.32. The third kappa shape index (κ3) is 5.06. The number of rotatable bonds is 6. The smallest absolute Gasteiger partial charge is 0.326 e. The number of carbonyl (C=O) groups is 2. The van der Waals surface area contributed by atoms with Crippen molar-refractivity contribution in [2.24, 2.45) is 11.8 Å². The van der Waals surface area contributed by atoms with Crippen LogP contribution in [-0.2, 0) is 9.53 Å². The molecule has 0 aromatic carbocycles. The number of carboxylic acids is 1. The Bertz CT molecular complexity index is 320. The molecule has 0 aromatic rings. The van der Waals surface area contributed by atoms with Crippen LogP contribution in [0.1, 0.15) is 26.7 Å². The van der Waals surface area contributed by atoms with Gasteiger partial charge in [0.25, 0.3) is 0 Å². The molecule has 0 spiro atoms. The van der Waals surface area contributed by atoms with Crippen molar-refractivity contribution < 1.29 is 19.4 Å². The summed E-state index contributed by atoms with van der Waals surface area (Å²) in [6.07, 6.45) is 1.35. The van der Waals surface area contributed by atoms with E-state index in [1.165, 1.54) is 0 Å². The van der Waals surface area contributed by atoms with Gasteiger partial charge in [-0.3, -0.25) is 0 Å². The number of hydrogen-bond acceptors (Lipinski definition) is 3. The lowest BCUT2D eigenvalue weighted by Crippen LogP contribution is -2.47. The first-order chi connectivity index (χ1) is 8.93. The molecule has 19 heavy (non-hydrogen) atoms. The number of nitrogens with one attached hydrogen (secondary N) is 1. The number of carbonyl (C=O) groups excluding carboxylic acids is 1. The average molecular weight is 272 g/mol. The maximum Gasteiger partial charge on any atom is 0.326 e. The first-order valence-electron chi connectivity index (χ1n) is 6.71. The zero-order valence-electron chi connectivity index (χ0n) is 11.9. The van der Waals surface area contributed by atoms with Crippen molar-refractivity contribution >= 4 is 12.0 Å². The van der Waals surface area contributed by atoms with Crippen LogP contribution >= 0.6 is 0 Å². The van der Waals surface area contributed by atoms with Crippen molar-refractivity contribution in [3.8, 4) is 0 Å². The molecule has 0 aromatic heterocycles. The number of hydrogen-bond donors (Lipinski definition) is 2. The van der Waals surface area contributed by atoms with Crippen molar-refractivity contribution in [1.29, 1.82) is 0 Å². The summed E-state index contributed by atoms with van der Waals surface area (Å²) < 4.78 is 5.07. The highest BCUT2D eigenvalue weighted by Crippen LogP contribution is 2.16. The summed E-state index contributed by atoms with van der Waals surface area (Å²) in [5.74, 6) is -0.403. The lowest BCUT2D eigenvalue weighted by molar-refractivity contribution is -0.139. The van der Waals surface area contributed by atoms with Crippen molar-refractivity contribution in [2.75, 3.05) is 26.8 Å². The Morgan fingerprint density at radius 2 is 2.16 bits per heavy atom. The van der Waals surface area contributed by atoms with Crippen molar-refractivity contribution in [1.82, 2.24) is 10.2 Å². The SMILES string of the molecule is COCC1CCN(C(=O)NC(CC(C)C)C(=O)O)C1. The predicted octanol–water partition coefficient (Wildman–Crippen LogP) is 1.16. The Hall–Kier alpha value is -1.30. The quantitative estimate of drug-likeness (QED) is 0.760. The number of carboxylic acid groups (broad SMARTS) is 1. The van der Waals surface area contributed by atoms with Crippen LogP contribution in [0.3, 0.4) is 0 Å². The highest BCUT2D eigenvalue weighted by atomic mass is 16.5. The maximum absolute atomic E-state index is 12.0. The van der Waals surface area contributed by atoms with E-state index in [4.69, 9.17) is 9.84 Å². The topological polar surface area (TPSA) is 78.9 Å². The van der Waals surface area contributed by atoms with Gasteiger partial charge >= 0.3 is 12.0 Å². The predicted molar refractivity (Wildman–Crippen MR) is 71.0 cm³/mol. The highest BCUT2D eigenvalue weighted by molar-refractivity contribution is 5.82. The molecule has 2 atom stereocenters. The van der Waals surface area contributed by atoms with E-state index in [9.17, 15) is 9.59 Å². The van der Waals surface area contributed by atoms with Gasteiger partial charge in [0.05, 0.1) is 6.61 Å². The first kappa shape index (κ1) is 15.8. The number of amides is 2. The van der Waals surface area contributed by atoms with E-state index in [2.05, 4.69) is 5.32 Å². The van der Waals surface area contributed by atoms with E-state index in [0.29, 0.717) is 32.0 Å². The van der Waals surface area contributed by atoms with Crippen LogP contribution in [0.5, 0.6) is 0 Å². The Kier molecular flexibility index (Phi) is 6.08. The molecule has 0 saturated carbocycles. The van der Waals surface area contributed by atoms with Gasteiger partial charge < -0.3 is 20.1 Å². The van der Waals surface area contributed by atoms with Crippen LogP contribution in [0.4, 0.5) is 4.79 Å². The Balaban J connectivity index is 2.47. The van der Waals surface area contributed by atoms with Gasteiger partial charge in [-0.15, -0.1) is 0 Å². The van der Waals surface area contributed by atoms with Gasteiger partial charge in [0, 0.05) is 26.1 Å². The first-order valence-corrected chi connectivity index (χ1v) is 6.71. The zero-order valence-corrected chi connectivity index (χ0v) is 11.9.